The molecule has 2 rings (SSSR count). The van der Waals surface area contributed by atoms with E-state index in [4.69, 9.17) is 4.74 Å². The van der Waals surface area contributed by atoms with Gasteiger partial charge in [0.05, 0.1) is 14.2 Å². The van der Waals surface area contributed by atoms with Gasteiger partial charge in [-0.05, 0) is 48.5 Å². The monoisotopic (exact) mass is 342 g/mol. The van der Waals surface area contributed by atoms with E-state index in [9.17, 15) is 14.4 Å². The van der Waals surface area contributed by atoms with Gasteiger partial charge in [0.25, 0.3) is 11.8 Å². The summed E-state index contributed by atoms with van der Waals surface area (Å²) in [4.78, 5) is 35.0. The summed E-state index contributed by atoms with van der Waals surface area (Å²) in [6.45, 7) is -0.203. The molecule has 25 heavy (non-hydrogen) atoms. The second-order valence-electron chi connectivity index (χ2n) is 5.02. The van der Waals surface area contributed by atoms with E-state index in [1.807, 2.05) is 0 Å². The Morgan fingerprint density at radius 1 is 0.840 bits per heavy atom. The Balaban J connectivity index is 1.96. The molecule has 130 valence electrons. The van der Waals surface area contributed by atoms with Gasteiger partial charge in [-0.2, -0.15) is 0 Å². The maximum absolute atomic E-state index is 12.2. The Morgan fingerprint density at radius 3 is 1.96 bits per heavy atom. The van der Waals surface area contributed by atoms with Crippen molar-refractivity contribution in [3.8, 4) is 5.75 Å². The van der Waals surface area contributed by atoms with E-state index in [0.717, 1.165) is 0 Å². The highest BCUT2D eigenvalue weighted by molar-refractivity contribution is 6.04. The molecule has 0 aliphatic heterocycles. The Hall–Kier alpha value is -3.35. The zero-order chi connectivity index (χ0) is 18.2. The molecule has 0 atom stereocenters. The van der Waals surface area contributed by atoms with Crippen molar-refractivity contribution in [3.05, 3.63) is 59.7 Å². The summed E-state index contributed by atoms with van der Waals surface area (Å²) in [6, 6.07) is 13.0. The van der Waals surface area contributed by atoms with Gasteiger partial charge in [0.1, 0.15) is 12.3 Å². The fourth-order valence-electron chi connectivity index (χ4n) is 1.98. The summed E-state index contributed by atoms with van der Waals surface area (Å²) in [5.41, 5.74) is 1.40. The van der Waals surface area contributed by atoms with Crippen molar-refractivity contribution >= 4 is 23.5 Å². The van der Waals surface area contributed by atoms with Gasteiger partial charge in [0, 0.05) is 16.8 Å². The van der Waals surface area contributed by atoms with Gasteiger partial charge in [-0.15, -0.1) is 0 Å². The molecule has 0 bridgehead atoms. The number of rotatable bonds is 6. The number of esters is 1. The lowest BCUT2D eigenvalue weighted by Crippen LogP contribution is -2.30. The van der Waals surface area contributed by atoms with Crippen LogP contribution in [0.15, 0.2) is 48.5 Å². The third-order valence-corrected chi connectivity index (χ3v) is 3.38. The molecule has 0 aliphatic rings. The standard InChI is InChI=1S/C18H18N2O5/c1-24-15-9-5-13(6-10-15)18(23)20-14-7-3-12(4-8-14)17(22)19-11-16(21)25-2/h3-10H,11H2,1-2H3,(H,19,22)(H,20,23). The second kappa shape index (κ2) is 8.49. The third-order valence-electron chi connectivity index (χ3n) is 3.38. The average molecular weight is 342 g/mol. The molecule has 2 aromatic carbocycles. The molecule has 0 unspecified atom stereocenters. The Bertz CT molecular complexity index is 754. The van der Waals surface area contributed by atoms with E-state index >= 15 is 0 Å². The molecule has 2 amide bonds. The van der Waals surface area contributed by atoms with Crippen LogP contribution in [-0.4, -0.2) is 38.5 Å². The predicted octanol–water partition coefficient (Wildman–Crippen LogP) is 1.85. The number of benzene rings is 2. The summed E-state index contributed by atoms with van der Waals surface area (Å²) in [5, 5.41) is 5.17. The highest BCUT2D eigenvalue weighted by Gasteiger charge is 2.09. The number of amides is 2. The van der Waals surface area contributed by atoms with Crippen LogP contribution in [0.25, 0.3) is 0 Å². The van der Waals surface area contributed by atoms with Gasteiger partial charge in [-0.1, -0.05) is 0 Å². The number of hydrogen-bond acceptors (Lipinski definition) is 5. The van der Waals surface area contributed by atoms with Crippen LogP contribution in [0.5, 0.6) is 5.75 Å². The van der Waals surface area contributed by atoms with Gasteiger partial charge < -0.3 is 20.1 Å². The summed E-state index contributed by atoms with van der Waals surface area (Å²) < 4.78 is 9.49. The van der Waals surface area contributed by atoms with Crippen LogP contribution in [0.3, 0.4) is 0 Å². The Morgan fingerprint density at radius 2 is 1.40 bits per heavy atom. The molecule has 0 saturated carbocycles. The van der Waals surface area contributed by atoms with Crippen molar-refractivity contribution in [2.75, 3.05) is 26.1 Å². The van der Waals surface area contributed by atoms with E-state index < -0.39 is 11.9 Å². The summed E-state index contributed by atoms with van der Waals surface area (Å²) in [7, 11) is 2.80. The molecule has 0 heterocycles. The van der Waals surface area contributed by atoms with Gasteiger partial charge >= 0.3 is 5.97 Å². The SMILES string of the molecule is COC(=O)CNC(=O)c1ccc(NC(=O)c2ccc(OC)cc2)cc1. The fourth-order valence-corrected chi connectivity index (χ4v) is 1.98. The van der Waals surface area contributed by atoms with E-state index in [-0.39, 0.29) is 12.5 Å². The number of carbonyl (C=O) groups excluding carboxylic acids is 3. The number of nitrogens with one attached hydrogen (secondary N) is 2. The number of methoxy groups -OCH3 is 2. The fraction of sp³-hybridized carbons (Fsp3) is 0.167. The molecule has 0 spiro atoms. The van der Waals surface area contributed by atoms with Crippen LogP contribution >= 0.6 is 0 Å². The maximum atomic E-state index is 12.2. The first kappa shape index (κ1) is 18.0. The molecular formula is C18H18N2O5. The zero-order valence-electron chi connectivity index (χ0n) is 13.9. The molecule has 2 N–H and O–H groups in total. The first-order chi connectivity index (χ1) is 12.0. The summed E-state index contributed by atoms with van der Waals surface area (Å²) >= 11 is 0. The highest BCUT2D eigenvalue weighted by Crippen LogP contribution is 2.14. The predicted molar refractivity (Wildman–Crippen MR) is 91.7 cm³/mol. The number of carbonyl (C=O) groups is 3. The smallest absolute Gasteiger partial charge is 0.325 e. The van der Waals surface area contributed by atoms with Crippen molar-refractivity contribution in [2.24, 2.45) is 0 Å². The van der Waals surface area contributed by atoms with Gasteiger partial charge in [-0.3, -0.25) is 14.4 Å². The van der Waals surface area contributed by atoms with Crippen molar-refractivity contribution < 1.29 is 23.9 Å². The van der Waals surface area contributed by atoms with E-state index in [1.165, 1.54) is 7.11 Å². The van der Waals surface area contributed by atoms with Crippen LogP contribution in [0.2, 0.25) is 0 Å². The maximum Gasteiger partial charge on any atom is 0.325 e. The van der Waals surface area contributed by atoms with Crippen LogP contribution in [0, 0.1) is 0 Å². The minimum Gasteiger partial charge on any atom is -0.497 e. The molecule has 2 aromatic rings. The van der Waals surface area contributed by atoms with Crippen molar-refractivity contribution in [2.45, 2.75) is 0 Å². The van der Waals surface area contributed by atoms with Crippen LogP contribution in [0.1, 0.15) is 20.7 Å². The minimum absolute atomic E-state index is 0.203. The quantitative estimate of drug-likeness (QED) is 0.782. The lowest BCUT2D eigenvalue weighted by atomic mass is 10.1. The van der Waals surface area contributed by atoms with Crippen LogP contribution in [0.4, 0.5) is 5.69 Å². The molecule has 0 aliphatic carbocycles. The molecule has 0 fully saturated rings. The van der Waals surface area contributed by atoms with Gasteiger partial charge in [0.15, 0.2) is 0 Å². The normalized spacial score (nSPS) is 9.84. The lowest BCUT2D eigenvalue weighted by molar-refractivity contribution is -0.139. The number of hydrogen-bond donors (Lipinski definition) is 2. The lowest BCUT2D eigenvalue weighted by Gasteiger charge is -2.08. The van der Waals surface area contributed by atoms with Crippen LogP contribution in [-0.2, 0) is 9.53 Å². The van der Waals surface area contributed by atoms with E-state index in [2.05, 4.69) is 15.4 Å². The van der Waals surface area contributed by atoms with Crippen molar-refractivity contribution in [1.29, 1.82) is 0 Å². The average Bonchev–Trinajstić information content (AvgIpc) is 2.66. The Labute approximate surface area is 144 Å². The minimum atomic E-state index is -0.531. The zero-order valence-corrected chi connectivity index (χ0v) is 13.9. The number of anilines is 1. The summed E-state index contributed by atoms with van der Waals surface area (Å²) in [6.07, 6.45) is 0. The molecule has 7 heteroatoms. The topological polar surface area (TPSA) is 93.7 Å². The number of ether oxygens (including phenoxy) is 2. The molecule has 7 nitrogen and oxygen atoms in total. The van der Waals surface area contributed by atoms with Gasteiger partial charge in [0.2, 0.25) is 0 Å². The van der Waals surface area contributed by atoms with Gasteiger partial charge in [-0.25, -0.2) is 0 Å². The van der Waals surface area contributed by atoms with Crippen LogP contribution < -0.4 is 15.4 Å². The molecule has 0 aromatic heterocycles. The largest absolute Gasteiger partial charge is 0.497 e. The Kier molecular flexibility index (Phi) is 6.11. The van der Waals surface area contributed by atoms with E-state index in [0.29, 0.717) is 22.6 Å². The second-order valence-corrected chi connectivity index (χ2v) is 5.02. The first-order valence-corrected chi connectivity index (χ1v) is 7.44. The third kappa shape index (κ3) is 5.07. The van der Waals surface area contributed by atoms with E-state index in [1.54, 1.807) is 55.6 Å². The van der Waals surface area contributed by atoms with Crippen molar-refractivity contribution in [3.63, 3.8) is 0 Å². The van der Waals surface area contributed by atoms with Crippen molar-refractivity contribution in [1.82, 2.24) is 5.32 Å². The molecule has 0 radical (unpaired) electrons. The highest BCUT2D eigenvalue weighted by atomic mass is 16.5. The first-order valence-electron chi connectivity index (χ1n) is 7.44. The summed E-state index contributed by atoms with van der Waals surface area (Å²) in [5.74, 6) is -0.542. The molecule has 0 saturated heterocycles. The molecular weight excluding hydrogens is 324 g/mol.